The van der Waals surface area contributed by atoms with Crippen LogP contribution < -0.4 is 5.32 Å². The summed E-state index contributed by atoms with van der Waals surface area (Å²) in [6.45, 7) is 3.99. The Balaban J connectivity index is 2.14. The van der Waals surface area contributed by atoms with E-state index in [9.17, 15) is 4.39 Å². The van der Waals surface area contributed by atoms with Crippen molar-refractivity contribution in [3.63, 3.8) is 0 Å². The van der Waals surface area contributed by atoms with E-state index in [-0.39, 0.29) is 5.82 Å². The number of benzene rings is 1. The maximum atomic E-state index is 13.2. The standard InChI is InChI=1S/C14H18FN3O/c1-9-4-6-11(15)8-12(9)14-17-13(19-18-14)7-5-10(2)16-3/h4,6,8,10,16H,5,7H2,1-3H3. The lowest BCUT2D eigenvalue weighted by atomic mass is 10.1. The van der Waals surface area contributed by atoms with Crippen LogP contribution >= 0.6 is 0 Å². The van der Waals surface area contributed by atoms with Gasteiger partial charge in [-0.25, -0.2) is 4.39 Å². The minimum Gasteiger partial charge on any atom is -0.339 e. The van der Waals surface area contributed by atoms with E-state index in [2.05, 4.69) is 22.4 Å². The molecule has 102 valence electrons. The predicted molar refractivity (Wildman–Crippen MR) is 71.3 cm³/mol. The Morgan fingerprint density at radius 3 is 2.95 bits per heavy atom. The predicted octanol–water partition coefficient (Wildman–Crippen LogP) is 2.72. The fourth-order valence-corrected chi connectivity index (χ4v) is 1.79. The van der Waals surface area contributed by atoms with Crippen molar-refractivity contribution in [3.8, 4) is 11.4 Å². The molecule has 1 aromatic heterocycles. The van der Waals surface area contributed by atoms with E-state index in [4.69, 9.17) is 4.52 Å². The molecule has 0 spiro atoms. The van der Waals surface area contributed by atoms with Crippen LogP contribution in [-0.2, 0) is 6.42 Å². The number of hydrogen-bond acceptors (Lipinski definition) is 4. The lowest BCUT2D eigenvalue weighted by Crippen LogP contribution is -2.21. The molecule has 1 heterocycles. The van der Waals surface area contributed by atoms with E-state index in [0.29, 0.717) is 29.7 Å². The molecule has 1 atom stereocenters. The maximum absolute atomic E-state index is 13.2. The molecule has 5 heteroatoms. The van der Waals surface area contributed by atoms with E-state index in [0.717, 1.165) is 12.0 Å². The van der Waals surface area contributed by atoms with Crippen LogP contribution in [0.1, 0.15) is 24.8 Å². The highest BCUT2D eigenvalue weighted by Crippen LogP contribution is 2.21. The van der Waals surface area contributed by atoms with Crippen molar-refractivity contribution >= 4 is 0 Å². The maximum Gasteiger partial charge on any atom is 0.227 e. The molecule has 1 unspecified atom stereocenters. The van der Waals surface area contributed by atoms with Crippen LogP contribution in [0.15, 0.2) is 22.7 Å². The lowest BCUT2D eigenvalue weighted by Gasteiger charge is -2.06. The van der Waals surface area contributed by atoms with Crippen molar-refractivity contribution < 1.29 is 8.91 Å². The molecule has 2 rings (SSSR count). The van der Waals surface area contributed by atoms with Crippen molar-refractivity contribution in [2.45, 2.75) is 32.7 Å². The fourth-order valence-electron chi connectivity index (χ4n) is 1.79. The Kier molecular flexibility index (Phi) is 4.27. The van der Waals surface area contributed by atoms with Crippen LogP contribution in [0.5, 0.6) is 0 Å². The van der Waals surface area contributed by atoms with Gasteiger partial charge in [-0.3, -0.25) is 0 Å². The number of nitrogens with one attached hydrogen (secondary N) is 1. The second-order valence-electron chi connectivity index (χ2n) is 4.70. The normalized spacial score (nSPS) is 12.6. The molecule has 0 saturated heterocycles. The zero-order valence-electron chi connectivity index (χ0n) is 11.4. The summed E-state index contributed by atoms with van der Waals surface area (Å²) in [6.07, 6.45) is 1.63. The third kappa shape index (κ3) is 3.38. The van der Waals surface area contributed by atoms with E-state index in [1.807, 2.05) is 14.0 Å². The Labute approximate surface area is 112 Å². The largest absolute Gasteiger partial charge is 0.339 e. The molecule has 1 N–H and O–H groups in total. The van der Waals surface area contributed by atoms with Crippen molar-refractivity contribution in [1.29, 1.82) is 0 Å². The highest BCUT2D eigenvalue weighted by Gasteiger charge is 2.12. The van der Waals surface area contributed by atoms with Gasteiger partial charge in [-0.1, -0.05) is 11.2 Å². The van der Waals surface area contributed by atoms with Gasteiger partial charge in [-0.2, -0.15) is 4.98 Å². The first-order chi connectivity index (χ1) is 9.10. The van der Waals surface area contributed by atoms with Gasteiger partial charge < -0.3 is 9.84 Å². The van der Waals surface area contributed by atoms with Crippen LogP contribution in [0.4, 0.5) is 4.39 Å². The summed E-state index contributed by atoms with van der Waals surface area (Å²) in [4.78, 5) is 4.32. The molecule has 19 heavy (non-hydrogen) atoms. The van der Waals surface area contributed by atoms with Crippen LogP contribution in [0.25, 0.3) is 11.4 Å². The Bertz CT molecular complexity index is 553. The summed E-state index contributed by atoms with van der Waals surface area (Å²) in [7, 11) is 1.92. The minimum atomic E-state index is -0.296. The number of aryl methyl sites for hydroxylation is 2. The van der Waals surface area contributed by atoms with E-state index < -0.39 is 0 Å². The Hall–Kier alpha value is -1.75. The van der Waals surface area contributed by atoms with Crippen molar-refractivity contribution in [3.05, 3.63) is 35.5 Å². The molecule has 0 radical (unpaired) electrons. The van der Waals surface area contributed by atoms with Gasteiger partial charge in [0.15, 0.2) is 0 Å². The molecule has 1 aromatic carbocycles. The number of halogens is 1. The minimum absolute atomic E-state index is 0.296. The first kappa shape index (κ1) is 13.7. The molecule has 2 aromatic rings. The van der Waals surface area contributed by atoms with Gasteiger partial charge in [0.05, 0.1) is 0 Å². The SMILES string of the molecule is CNC(C)CCc1nc(-c2cc(F)ccc2C)no1. The Morgan fingerprint density at radius 1 is 1.42 bits per heavy atom. The average Bonchev–Trinajstić information content (AvgIpc) is 2.87. The Morgan fingerprint density at radius 2 is 2.21 bits per heavy atom. The fraction of sp³-hybridized carbons (Fsp3) is 0.429. The molecule has 4 nitrogen and oxygen atoms in total. The second-order valence-corrected chi connectivity index (χ2v) is 4.70. The van der Waals surface area contributed by atoms with E-state index in [1.54, 1.807) is 6.07 Å². The molecule has 0 aliphatic carbocycles. The monoisotopic (exact) mass is 263 g/mol. The van der Waals surface area contributed by atoms with Crippen LogP contribution in [0.2, 0.25) is 0 Å². The summed E-state index contributed by atoms with van der Waals surface area (Å²) in [5.74, 6) is 0.737. The average molecular weight is 263 g/mol. The van der Waals surface area contributed by atoms with Crippen molar-refractivity contribution in [2.75, 3.05) is 7.05 Å². The molecule has 0 amide bonds. The summed E-state index contributed by atoms with van der Waals surface area (Å²) in [5.41, 5.74) is 1.61. The first-order valence-corrected chi connectivity index (χ1v) is 6.36. The molecule has 0 aliphatic heterocycles. The van der Waals surface area contributed by atoms with Gasteiger partial charge in [-0.05, 0) is 45.0 Å². The zero-order chi connectivity index (χ0) is 13.8. The third-order valence-corrected chi connectivity index (χ3v) is 3.19. The summed E-state index contributed by atoms with van der Waals surface area (Å²) in [5, 5.41) is 7.07. The van der Waals surface area contributed by atoms with Gasteiger partial charge in [0, 0.05) is 18.0 Å². The molecule has 0 aliphatic rings. The van der Waals surface area contributed by atoms with Gasteiger partial charge in [-0.15, -0.1) is 0 Å². The van der Waals surface area contributed by atoms with Crippen molar-refractivity contribution in [1.82, 2.24) is 15.5 Å². The summed E-state index contributed by atoms with van der Waals surface area (Å²) >= 11 is 0. The first-order valence-electron chi connectivity index (χ1n) is 6.36. The summed E-state index contributed by atoms with van der Waals surface area (Å²) < 4.78 is 18.4. The molecule has 0 bridgehead atoms. The van der Waals surface area contributed by atoms with E-state index in [1.165, 1.54) is 12.1 Å². The zero-order valence-corrected chi connectivity index (χ0v) is 11.4. The third-order valence-electron chi connectivity index (χ3n) is 3.19. The van der Waals surface area contributed by atoms with Gasteiger partial charge in [0.25, 0.3) is 0 Å². The lowest BCUT2D eigenvalue weighted by molar-refractivity contribution is 0.369. The van der Waals surface area contributed by atoms with Crippen LogP contribution in [0.3, 0.4) is 0 Å². The van der Waals surface area contributed by atoms with Gasteiger partial charge in [0.1, 0.15) is 5.82 Å². The quantitative estimate of drug-likeness (QED) is 0.901. The molecular formula is C14H18FN3O. The number of nitrogens with zero attached hydrogens (tertiary/aromatic N) is 2. The molecule has 0 fully saturated rings. The van der Waals surface area contributed by atoms with Crippen LogP contribution in [-0.4, -0.2) is 23.2 Å². The topological polar surface area (TPSA) is 51.0 Å². The number of rotatable bonds is 5. The smallest absolute Gasteiger partial charge is 0.227 e. The molecule has 0 saturated carbocycles. The van der Waals surface area contributed by atoms with Crippen LogP contribution in [0, 0.1) is 12.7 Å². The van der Waals surface area contributed by atoms with Gasteiger partial charge >= 0.3 is 0 Å². The molecular weight excluding hydrogens is 245 g/mol. The highest BCUT2D eigenvalue weighted by molar-refractivity contribution is 5.59. The second kappa shape index (κ2) is 5.93. The summed E-state index contributed by atoms with van der Waals surface area (Å²) in [6, 6.07) is 4.96. The number of hydrogen-bond donors (Lipinski definition) is 1. The van der Waals surface area contributed by atoms with E-state index >= 15 is 0 Å². The van der Waals surface area contributed by atoms with Gasteiger partial charge in [0.2, 0.25) is 11.7 Å². The number of aromatic nitrogens is 2. The highest BCUT2D eigenvalue weighted by atomic mass is 19.1. The van der Waals surface area contributed by atoms with Crippen molar-refractivity contribution in [2.24, 2.45) is 0 Å².